The third-order valence-corrected chi connectivity index (χ3v) is 3.12. The van der Waals surface area contributed by atoms with Gasteiger partial charge in [-0.2, -0.15) is 0 Å². The fourth-order valence-corrected chi connectivity index (χ4v) is 2.13. The van der Waals surface area contributed by atoms with Crippen molar-refractivity contribution < 1.29 is 4.79 Å². The Labute approximate surface area is 120 Å². The first kappa shape index (κ1) is 14.3. The van der Waals surface area contributed by atoms with Crippen molar-refractivity contribution in [1.82, 2.24) is 10.3 Å². The summed E-state index contributed by atoms with van der Waals surface area (Å²) in [6, 6.07) is 13.7. The zero-order valence-corrected chi connectivity index (χ0v) is 12.2. The van der Waals surface area contributed by atoms with Crippen LogP contribution < -0.4 is 5.32 Å². The second-order valence-corrected chi connectivity index (χ2v) is 5.72. The molecule has 104 valence electrons. The summed E-state index contributed by atoms with van der Waals surface area (Å²) in [5.74, 6) is -0.136. The number of benzene rings is 1. The molecular weight excluding hydrogens is 248 g/mol. The van der Waals surface area contributed by atoms with Gasteiger partial charge in [-0.15, -0.1) is 0 Å². The van der Waals surface area contributed by atoms with Crippen LogP contribution in [0.25, 0.3) is 0 Å². The molecule has 1 heterocycles. The molecule has 0 aliphatic rings. The Kier molecular flexibility index (Phi) is 4.18. The maximum Gasteiger partial charge on any atom is 0.270 e. The second-order valence-electron chi connectivity index (χ2n) is 5.72. The topological polar surface area (TPSA) is 42.0 Å². The van der Waals surface area contributed by atoms with E-state index < -0.39 is 0 Å². The maximum atomic E-state index is 12.1. The average molecular weight is 268 g/mol. The molecule has 1 aromatic heterocycles. The highest BCUT2D eigenvalue weighted by Gasteiger charge is 2.22. The van der Waals surface area contributed by atoms with E-state index in [2.05, 4.69) is 41.5 Å². The molecule has 20 heavy (non-hydrogen) atoms. The molecule has 3 nitrogen and oxygen atoms in total. The molecule has 0 unspecified atom stereocenters. The van der Waals surface area contributed by atoms with E-state index in [1.807, 2.05) is 19.9 Å². The van der Waals surface area contributed by atoms with Crippen LogP contribution in [0.5, 0.6) is 0 Å². The summed E-state index contributed by atoms with van der Waals surface area (Å²) in [6.07, 6.45) is 2.41. The molecule has 0 aliphatic heterocycles. The zero-order valence-electron chi connectivity index (χ0n) is 12.2. The second kappa shape index (κ2) is 5.87. The summed E-state index contributed by atoms with van der Waals surface area (Å²) in [6.45, 7) is 6.11. The molecule has 1 N–H and O–H groups in total. The minimum absolute atomic E-state index is 0.136. The van der Waals surface area contributed by atoms with Crippen LogP contribution in [0, 0.1) is 6.92 Å². The van der Waals surface area contributed by atoms with Crippen molar-refractivity contribution >= 4 is 5.91 Å². The Bertz CT molecular complexity index is 574. The van der Waals surface area contributed by atoms with Gasteiger partial charge in [0.2, 0.25) is 0 Å². The molecule has 0 bridgehead atoms. The average Bonchev–Trinajstić information content (AvgIpc) is 2.41. The van der Waals surface area contributed by atoms with Gasteiger partial charge >= 0.3 is 0 Å². The van der Waals surface area contributed by atoms with Crippen LogP contribution in [-0.2, 0) is 6.42 Å². The van der Waals surface area contributed by atoms with Gasteiger partial charge in [0.05, 0.1) is 0 Å². The number of pyridine rings is 1. The molecule has 0 fully saturated rings. The molecule has 0 radical (unpaired) electrons. The number of aryl methyl sites for hydroxylation is 1. The van der Waals surface area contributed by atoms with Gasteiger partial charge < -0.3 is 5.32 Å². The van der Waals surface area contributed by atoms with E-state index in [4.69, 9.17) is 0 Å². The summed E-state index contributed by atoms with van der Waals surface area (Å²) >= 11 is 0. The van der Waals surface area contributed by atoms with E-state index in [-0.39, 0.29) is 11.4 Å². The van der Waals surface area contributed by atoms with E-state index in [9.17, 15) is 4.79 Å². The van der Waals surface area contributed by atoms with Crippen LogP contribution in [0.15, 0.2) is 48.7 Å². The highest BCUT2D eigenvalue weighted by molar-refractivity contribution is 5.92. The lowest BCUT2D eigenvalue weighted by Crippen LogP contribution is -2.45. The van der Waals surface area contributed by atoms with Crippen LogP contribution in [0.2, 0.25) is 0 Å². The first-order valence-electron chi connectivity index (χ1n) is 6.75. The van der Waals surface area contributed by atoms with Gasteiger partial charge in [0.15, 0.2) is 0 Å². The summed E-state index contributed by atoms with van der Waals surface area (Å²) in [4.78, 5) is 16.2. The van der Waals surface area contributed by atoms with Gasteiger partial charge in [0, 0.05) is 11.7 Å². The van der Waals surface area contributed by atoms with Crippen molar-refractivity contribution in [1.29, 1.82) is 0 Å². The smallest absolute Gasteiger partial charge is 0.270 e. The standard InChI is InChI=1S/C17H20N2O/c1-13-7-9-14(10-8-13)12-17(2,3)19-16(20)15-6-4-5-11-18-15/h4-11H,12H2,1-3H3,(H,19,20). The lowest BCUT2D eigenvalue weighted by atomic mass is 9.94. The molecular formula is C17H20N2O. The summed E-state index contributed by atoms with van der Waals surface area (Å²) in [5, 5.41) is 3.03. The molecule has 0 atom stereocenters. The molecule has 0 saturated carbocycles. The molecule has 0 spiro atoms. The number of nitrogens with zero attached hydrogens (tertiary/aromatic N) is 1. The first-order valence-corrected chi connectivity index (χ1v) is 6.75. The highest BCUT2D eigenvalue weighted by atomic mass is 16.2. The normalized spacial score (nSPS) is 11.2. The number of hydrogen-bond donors (Lipinski definition) is 1. The number of carbonyl (C=O) groups is 1. The Morgan fingerprint density at radius 2 is 1.85 bits per heavy atom. The zero-order chi connectivity index (χ0) is 14.6. The number of aromatic nitrogens is 1. The van der Waals surface area contributed by atoms with Crippen molar-refractivity contribution in [2.45, 2.75) is 32.7 Å². The predicted molar refractivity (Wildman–Crippen MR) is 80.7 cm³/mol. The third kappa shape index (κ3) is 3.92. The predicted octanol–water partition coefficient (Wildman–Crippen LogP) is 3.14. The van der Waals surface area contributed by atoms with Crippen molar-refractivity contribution in [3.05, 3.63) is 65.5 Å². The molecule has 1 aromatic carbocycles. The van der Waals surface area contributed by atoms with Crippen molar-refractivity contribution in [2.75, 3.05) is 0 Å². The first-order chi connectivity index (χ1) is 9.46. The van der Waals surface area contributed by atoms with E-state index in [1.165, 1.54) is 11.1 Å². The fourth-order valence-electron chi connectivity index (χ4n) is 2.13. The summed E-state index contributed by atoms with van der Waals surface area (Å²) in [7, 11) is 0. The van der Waals surface area contributed by atoms with Crippen molar-refractivity contribution in [2.24, 2.45) is 0 Å². The molecule has 1 amide bonds. The largest absolute Gasteiger partial charge is 0.345 e. The van der Waals surface area contributed by atoms with Crippen molar-refractivity contribution in [3.8, 4) is 0 Å². The number of nitrogens with one attached hydrogen (secondary N) is 1. The fraction of sp³-hybridized carbons (Fsp3) is 0.294. The monoisotopic (exact) mass is 268 g/mol. The van der Waals surface area contributed by atoms with E-state index >= 15 is 0 Å². The van der Waals surface area contributed by atoms with Gasteiger partial charge in [0.1, 0.15) is 5.69 Å². The van der Waals surface area contributed by atoms with Crippen molar-refractivity contribution in [3.63, 3.8) is 0 Å². The Morgan fingerprint density at radius 3 is 2.45 bits per heavy atom. The van der Waals surface area contributed by atoms with Gasteiger partial charge in [-0.3, -0.25) is 9.78 Å². The molecule has 2 aromatic rings. The van der Waals surface area contributed by atoms with Gasteiger partial charge in [-0.25, -0.2) is 0 Å². The van der Waals surface area contributed by atoms with Gasteiger partial charge in [0.25, 0.3) is 5.91 Å². The maximum absolute atomic E-state index is 12.1. The summed E-state index contributed by atoms with van der Waals surface area (Å²) < 4.78 is 0. The Morgan fingerprint density at radius 1 is 1.15 bits per heavy atom. The lowest BCUT2D eigenvalue weighted by Gasteiger charge is -2.26. The molecule has 2 rings (SSSR count). The lowest BCUT2D eigenvalue weighted by molar-refractivity contribution is 0.0908. The van der Waals surface area contributed by atoms with Crippen LogP contribution in [0.3, 0.4) is 0 Å². The minimum atomic E-state index is -0.316. The minimum Gasteiger partial charge on any atom is -0.345 e. The van der Waals surface area contributed by atoms with E-state index in [0.29, 0.717) is 5.69 Å². The number of rotatable bonds is 4. The van der Waals surface area contributed by atoms with Gasteiger partial charge in [-0.1, -0.05) is 35.9 Å². The highest BCUT2D eigenvalue weighted by Crippen LogP contribution is 2.14. The summed E-state index contributed by atoms with van der Waals surface area (Å²) in [5.41, 5.74) is 2.58. The van der Waals surface area contributed by atoms with E-state index in [0.717, 1.165) is 6.42 Å². The van der Waals surface area contributed by atoms with E-state index in [1.54, 1.807) is 18.3 Å². The third-order valence-electron chi connectivity index (χ3n) is 3.12. The SMILES string of the molecule is Cc1ccc(CC(C)(C)NC(=O)c2ccccn2)cc1. The number of amides is 1. The van der Waals surface area contributed by atoms with Gasteiger partial charge in [-0.05, 0) is 44.9 Å². The van der Waals surface area contributed by atoms with Crippen LogP contribution in [0.4, 0.5) is 0 Å². The number of hydrogen-bond acceptors (Lipinski definition) is 2. The van der Waals surface area contributed by atoms with Crippen LogP contribution in [-0.4, -0.2) is 16.4 Å². The molecule has 0 saturated heterocycles. The number of carbonyl (C=O) groups excluding carboxylic acids is 1. The molecule has 3 heteroatoms. The molecule has 0 aliphatic carbocycles. The van der Waals surface area contributed by atoms with Crippen LogP contribution >= 0.6 is 0 Å². The Hall–Kier alpha value is -2.16. The van der Waals surface area contributed by atoms with Crippen LogP contribution in [0.1, 0.15) is 35.5 Å². The Balaban J connectivity index is 2.03. The quantitative estimate of drug-likeness (QED) is 0.925.